The number of carbonyl (C=O) groups is 1. The van der Waals surface area contributed by atoms with Crippen LogP contribution in [-0.4, -0.2) is 48.0 Å². The first-order valence-corrected chi connectivity index (χ1v) is 9.83. The zero-order valence-corrected chi connectivity index (χ0v) is 16.2. The Hall–Kier alpha value is -2.97. The fraction of sp³-hybridized carbons (Fsp3) is 0.429. The van der Waals surface area contributed by atoms with Gasteiger partial charge in [-0.05, 0) is 36.5 Å². The number of ether oxygens (including phenoxy) is 2. The summed E-state index contributed by atoms with van der Waals surface area (Å²) in [5.74, 6) is 0.561. The number of carbonyl (C=O) groups excluding carboxylic acids is 1. The van der Waals surface area contributed by atoms with Gasteiger partial charge in [0.15, 0.2) is 0 Å². The van der Waals surface area contributed by atoms with E-state index in [9.17, 15) is 18.0 Å². The van der Waals surface area contributed by atoms with Crippen LogP contribution < -0.4 is 9.64 Å². The van der Waals surface area contributed by atoms with Crippen LogP contribution in [0.5, 0.6) is 5.75 Å². The van der Waals surface area contributed by atoms with E-state index in [0.29, 0.717) is 18.9 Å². The number of benzene rings is 1. The van der Waals surface area contributed by atoms with Gasteiger partial charge in [-0.2, -0.15) is 0 Å². The summed E-state index contributed by atoms with van der Waals surface area (Å²) in [7, 11) is 0. The molecule has 4 rings (SSSR count). The molecular formula is C21H22F3N3O3. The van der Waals surface area contributed by atoms with Crippen molar-refractivity contribution in [2.45, 2.75) is 31.9 Å². The van der Waals surface area contributed by atoms with Crippen molar-refractivity contribution in [1.29, 1.82) is 0 Å². The highest BCUT2D eigenvalue weighted by Gasteiger charge is 2.40. The molecule has 0 unspecified atom stereocenters. The maximum atomic E-state index is 12.4. The third-order valence-electron chi connectivity index (χ3n) is 5.55. The molecule has 2 aliphatic rings. The van der Waals surface area contributed by atoms with Crippen LogP contribution in [0.1, 0.15) is 18.4 Å². The van der Waals surface area contributed by atoms with Gasteiger partial charge in [-0.3, -0.25) is 0 Å². The van der Waals surface area contributed by atoms with Gasteiger partial charge < -0.3 is 19.3 Å². The molecule has 2 aliphatic heterocycles. The van der Waals surface area contributed by atoms with Crippen LogP contribution >= 0.6 is 0 Å². The molecule has 9 heteroatoms. The maximum Gasteiger partial charge on any atom is 0.573 e. The Balaban J connectivity index is 1.32. The molecule has 0 radical (unpaired) electrons. The first kappa shape index (κ1) is 20.3. The molecule has 1 aromatic heterocycles. The number of hydrogen-bond donors (Lipinski definition) is 0. The predicted molar refractivity (Wildman–Crippen MR) is 103 cm³/mol. The van der Waals surface area contributed by atoms with Crippen LogP contribution in [0.4, 0.5) is 23.8 Å². The van der Waals surface area contributed by atoms with Crippen molar-refractivity contribution in [2.75, 3.05) is 24.5 Å². The molecule has 3 heterocycles. The van der Waals surface area contributed by atoms with Crippen molar-refractivity contribution in [2.24, 2.45) is 5.92 Å². The van der Waals surface area contributed by atoms with Crippen molar-refractivity contribution in [3.63, 3.8) is 0 Å². The third kappa shape index (κ3) is 4.77. The summed E-state index contributed by atoms with van der Waals surface area (Å²) in [5.41, 5.74) is 0.941. The van der Waals surface area contributed by atoms with Gasteiger partial charge in [0.1, 0.15) is 18.2 Å². The Labute approximate surface area is 172 Å². The lowest BCUT2D eigenvalue weighted by molar-refractivity contribution is -0.274. The van der Waals surface area contributed by atoms with Crippen LogP contribution in [0, 0.1) is 5.92 Å². The van der Waals surface area contributed by atoms with E-state index < -0.39 is 6.36 Å². The molecule has 0 bridgehead atoms. The minimum absolute atomic E-state index is 0.199. The minimum atomic E-state index is -4.73. The second kappa shape index (κ2) is 8.41. The summed E-state index contributed by atoms with van der Waals surface area (Å²) in [6.45, 7) is 2.16. The van der Waals surface area contributed by atoms with Crippen LogP contribution in [0.25, 0.3) is 0 Å². The standard InChI is InChI=1S/C21H22F3N3O3/c22-21(23,24)30-17-6-7-19(25-12-17)27-11-8-16-13-26(10-9-18(16)27)20(28)29-14-15-4-2-1-3-5-15/h1-7,12,16,18H,8-11,13-14H2/t16-,18+/m0/s1. The normalized spacial score (nSPS) is 21.3. The molecule has 1 aromatic carbocycles. The minimum Gasteiger partial charge on any atom is -0.445 e. The van der Waals surface area contributed by atoms with Gasteiger partial charge in [-0.25, -0.2) is 9.78 Å². The van der Waals surface area contributed by atoms with E-state index >= 15 is 0 Å². The van der Waals surface area contributed by atoms with Gasteiger partial charge in [-0.1, -0.05) is 30.3 Å². The maximum absolute atomic E-state index is 12.4. The predicted octanol–water partition coefficient (Wildman–Crippen LogP) is 4.22. The number of alkyl halides is 3. The molecule has 0 aliphatic carbocycles. The Kier molecular flexibility index (Phi) is 5.69. The highest BCUT2D eigenvalue weighted by Crippen LogP contribution is 2.35. The Morgan fingerprint density at radius 1 is 1.10 bits per heavy atom. The van der Waals surface area contributed by atoms with E-state index in [1.165, 1.54) is 6.07 Å². The number of anilines is 1. The lowest BCUT2D eigenvalue weighted by Crippen LogP contribution is -2.48. The van der Waals surface area contributed by atoms with Crippen LogP contribution in [0.3, 0.4) is 0 Å². The van der Waals surface area contributed by atoms with Crippen LogP contribution in [0.15, 0.2) is 48.7 Å². The highest BCUT2D eigenvalue weighted by atomic mass is 19.4. The number of nitrogens with zero attached hydrogens (tertiary/aromatic N) is 3. The summed E-state index contributed by atoms with van der Waals surface area (Å²) in [4.78, 5) is 20.4. The van der Waals surface area contributed by atoms with Crippen molar-refractivity contribution < 1.29 is 27.4 Å². The molecule has 2 saturated heterocycles. The Morgan fingerprint density at radius 2 is 1.90 bits per heavy atom. The second-order valence-corrected chi connectivity index (χ2v) is 7.48. The number of halogens is 3. The van der Waals surface area contributed by atoms with Crippen molar-refractivity contribution in [3.05, 3.63) is 54.2 Å². The average Bonchev–Trinajstić information content (AvgIpc) is 3.15. The van der Waals surface area contributed by atoms with Gasteiger partial charge in [0.25, 0.3) is 0 Å². The number of rotatable bonds is 4. The Morgan fingerprint density at radius 3 is 2.60 bits per heavy atom. The molecule has 2 fully saturated rings. The summed E-state index contributed by atoms with van der Waals surface area (Å²) in [5, 5.41) is 0. The van der Waals surface area contributed by atoms with Gasteiger partial charge >= 0.3 is 12.5 Å². The average molecular weight is 421 g/mol. The van der Waals surface area contributed by atoms with E-state index in [2.05, 4.69) is 14.6 Å². The quantitative estimate of drug-likeness (QED) is 0.740. The molecule has 6 nitrogen and oxygen atoms in total. The van der Waals surface area contributed by atoms with Gasteiger partial charge in [-0.15, -0.1) is 13.2 Å². The number of aromatic nitrogens is 1. The second-order valence-electron chi connectivity index (χ2n) is 7.48. The van der Waals surface area contributed by atoms with Gasteiger partial charge in [0.05, 0.1) is 6.20 Å². The lowest BCUT2D eigenvalue weighted by atomic mass is 9.93. The molecule has 30 heavy (non-hydrogen) atoms. The molecule has 160 valence electrons. The third-order valence-corrected chi connectivity index (χ3v) is 5.55. The molecule has 0 spiro atoms. The fourth-order valence-corrected chi connectivity index (χ4v) is 4.18. The van der Waals surface area contributed by atoms with E-state index in [1.807, 2.05) is 30.3 Å². The largest absolute Gasteiger partial charge is 0.573 e. The zero-order valence-electron chi connectivity index (χ0n) is 16.2. The summed E-state index contributed by atoms with van der Waals surface area (Å²) in [6.07, 6.45) is -2.32. The number of piperidine rings is 1. The lowest BCUT2D eigenvalue weighted by Gasteiger charge is -2.37. The molecule has 2 atom stereocenters. The summed E-state index contributed by atoms with van der Waals surface area (Å²) in [6, 6.07) is 12.6. The number of amides is 1. The first-order chi connectivity index (χ1) is 14.4. The van der Waals surface area contributed by atoms with E-state index in [4.69, 9.17) is 4.74 Å². The van der Waals surface area contributed by atoms with Crippen molar-refractivity contribution in [3.8, 4) is 5.75 Å². The molecular weight excluding hydrogens is 399 g/mol. The smallest absolute Gasteiger partial charge is 0.445 e. The van der Waals surface area contributed by atoms with Crippen LogP contribution in [0.2, 0.25) is 0 Å². The molecule has 2 aromatic rings. The Bertz CT molecular complexity index is 861. The van der Waals surface area contributed by atoms with Crippen molar-refractivity contribution >= 4 is 11.9 Å². The highest BCUT2D eigenvalue weighted by molar-refractivity contribution is 5.68. The molecule has 0 N–H and O–H groups in total. The summed E-state index contributed by atoms with van der Waals surface area (Å²) < 4.78 is 46.3. The van der Waals surface area contributed by atoms with E-state index in [0.717, 1.165) is 31.1 Å². The van der Waals surface area contributed by atoms with Gasteiger partial charge in [0, 0.05) is 25.7 Å². The van der Waals surface area contributed by atoms with Crippen LogP contribution in [-0.2, 0) is 11.3 Å². The van der Waals surface area contributed by atoms with E-state index in [1.54, 1.807) is 11.0 Å². The fourth-order valence-electron chi connectivity index (χ4n) is 4.18. The monoisotopic (exact) mass is 421 g/mol. The summed E-state index contributed by atoms with van der Waals surface area (Å²) >= 11 is 0. The molecule has 0 saturated carbocycles. The topological polar surface area (TPSA) is 54.9 Å². The SMILES string of the molecule is O=C(OCc1ccccc1)N1CC[C@@H]2[C@@H](CCN2c2ccc(OC(F)(F)F)cn2)C1. The number of pyridine rings is 1. The first-order valence-electron chi connectivity index (χ1n) is 9.83. The van der Waals surface area contributed by atoms with Gasteiger partial charge in [0.2, 0.25) is 0 Å². The number of fused-ring (bicyclic) bond motifs is 1. The number of likely N-dealkylation sites (tertiary alicyclic amines) is 1. The molecule has 1 amide bonds. The number of hydrogen-bond acceptors (Lipinski definition) is 5. The zero-order chi connectivity index (χ0) is 21.1. The van der Waals surface area contributed by atoms with E-state index in [-0.39, 0.29) is 30.4 Å². The van der Waals surface area contributed by atoms with Crippen molar-refractivity contribution in [1.82, 2.24) is 9.88 Å².